The van der Waals surface area contributed by atoms with Crippen molar-refractivity contribution in [3.63, 3.8) is 0 Å². The van der Waals surface area contributed by atoms with Crippen LogP contribution in [-0.4, -0.2) is 18.1 Å². The van der Waals surface area contributed by atoms with E-state index in [-0.39, 0.29) is 34.7 Å². The van der Waals surface area contributed by atoms with Gasteiger partial charge in [-0.2, -0.15) is 13.2 Å². The van der Waals surface area contributed by atoms with Crippen LogP contribution in [0.3, 0.4) is 0 Å². The molecule has 0 aliphatic heterocycles. The molecule has 7 heteroatoms. The molecule has 2 fully saturated rings. The summed E-state index contributed by atoms with van der Waals surface area (Å²) in [6.45, 7) is 0. The van der Waals surface area contributed by atoms with E-state index in [1.807, 2.05) is 0 Å². The van der Waals surface area contributed by atoms with Crippen LogP contribution in [0.4, 0.5) is 13.2 Å². The lowest BCUT2D eigenvalue weighted by atomic mass is 9.85. The summed E-state index contributed by atoms with van der Waals surface area (Å²) < 4.78 is 44.8. The Kier molecular flexibility index (Phi) is 6.56. The van der Waals surface area contributed by atoms with Gasteiger partial charge in [0, 0.05) is 12.0 Å². The molecule has 3 nitrogen and oxygen atoms in total. The Hall–Kier alpha value is -1.43. The second-order valence-electron chi connectivity index (χ2n) is 7.59. The standard InChI is InChI=1S/C20H25ClF3NO2/c21-18-10-9-16(12-17(18)20(22,23)24)27-15-8-4-5-13(11-15)19(26)25-14-6-2-1-3-7-14/h9-10,12-15H,1-8,11H2,(H,25,26). The first-order chi connectivity index (χ1) is 12.8. The van der Waals surface area contributed by atoms with Gasteiger partial charge in [-0.3, -0.25) is 4.79 Å². The maximum absolute atomic E-state index is 13.0. The number of rotatable bonds is 4. The van der Waals surface area contributed by atoms with Crippen molar-refractivity contribution in [2.75, 3.05) is 0 Å². The molecule has 1 amide bonds. The first-order valence-corrected chi connectivity index (χ1v) is 10.0. The Labute approximate surface area is 162 Å². The van der Waals surface area contributed by atoms with E-state index in [2.05, 4.69) is 5.32 Å². The molecule has 0 aromatic heterocycles. The van der Waals surface area contributed by atoms with E-state index >= 15 is 0 Å². The molecule has 0 bridgehead atoms. The summed E-state index contributed by atoms with van der Waals surface area (Å²) in [6, 6.07) is 3.85. The summed E-state index contributed by atoms with van der Waals surface area (Å²) in [4.78, 5) is 12.6. The number of benzene rings is 1. The van der Waals surface area contributed by atoms with Crippen molar-refractivity contribution in [2.24, 2.45) is 5.92 Å². The van der Waals surface area contributed by atoms with Crippen molar-refractivity contribution in [1.29, 1.82) is 0 Å². The first kappa shape index (κ1) is 20.3. The highest BCUT2D eigenvalue weighted by atomic mass is 35.5. The van der Waals surface area contributed by atoms with Crippen molar-refractivity contribution in [2.45, 2.75) is 76.1 Å². The molecule has 2 aliphatic rings. The molecule has 3 rings (SSSR count). The Bertz CT molecular complexity index is 659. The van der Waals surface area contributed by atoms with Crippen LogP contribution in [0.15, 0.2) is 18.2 Å². The zero-order chi connectivity index (χ0) is 19.4. The highest BCUT2D eigenvalue weighted by molar-refractivity contribution is 6.31. The highest BCUT2D eigenvalue weighted by Gasteiger charge is 2.34. The third-order valence-electron chi connectivity index (χ3n) is 5.49. The van der Waals surface area contributed by atoms with Gasteiger partial charge in [0.05, 0.1) is 16.7 Å². The predicted molar refractivity (Wildman–Crippen MR) is 97.8 cm³/mol. The van der Waals surface area contributed by atoms with E-state index in [1.165, 1.54) is 18.6 Å². The molecule has 2 atom stereocenters. The number of hydrogen-bond acceptors (Lipinski definition) is 2. The van der Waals surface area contributed by atoms with Crippen LogP contribution in [0.5, 0.6) is 5.75 Å². The third kappa shape index (κ3) is 5.53. The third-order valence-corrected chi connectivity index (χ3v) is 5.82. The summed E-state index contributed by atoms with van der Waals surface area (Å²) in [7, 11) is 0. The fourth-order valence-corrected chi connectivity index (χ4v) is 4.27. The number of ether oxygens (including phenoxy) is 1. The monoisotopic (exact) mass is 403 g/mol. The number of nitrogens with one attached hydrogen (secondary N) is 1. The molecular formula is C20H25ClF3NO2. The Morgan fingerprint density at radius 2 is 1.81 bits per heavy atom. The zero-order valence-electron chi connectivity index (χ0n) is 15.2. The first-order valence-electron chi connectivity index (χ1n) is 9.66. The van der Waals surface area contributed by atoms with Crippen LogP contribution in [-0.2, 0) is 11.0 Å². The van der Waals surface area contributed by atoms with Crippen LogP contribution in [0.25, 0.3) is 0 Å². The van der Waals surface area contributed by atoms with E-state index in [1.54, 1.807) is 0 Å². The summed E-state index contributed by atoms with van der Waals surface area (Å²) in [5.41, 5.74) is -0.899. The SMILES string of the molecule is O=C(NC1CCCCC1)C1CCCC(Oc2ccc(Cl)c(C(F)(F)F)c2)C1. The second kappa shape index (κ2) is 8.72. The van der Waals surface area contributed by atoms with Gasteiger partial charge in [-0.05, 0) is 56.7 Å². The van der Waals surface area contributed by atoms with Gasteiger partial charge in [0.25, 0.3) is 0 Å². The lowest BCUT2D eigenvalue weighted by Gasteiger charge is -2.31. The molecule has 2 saturated carbocycles. The molecule has 150 valence electrons. The molecule has 1 N–H and O–H groups in total. The summed E-state index contributed by atoms with van der Waals surface area (Å²) in [5, 5.41) is 2.80. The minimum absolute atomic E-state index is 0.0577. The van der Waals surface area contributed by atoms with Gasteiger partial charge < -0.3 is 10.1 Å². The number of amides is 1. The largest absolute Gasteiger partial charge is 0.490 e. The maximum Gasteiger partial charge on any atom is 0.417 e. The maximum atomic E-state index is 13.0. The molecule has 1 aromatic rings. The smallest absolute Gasteiger partial charge is 0.417 e. The molecule has 0 saturated heterocycles. The summed E-state index contributed by atoms with van der Waals surface area (Å²) in [6.07, 6.45) is 3.70. The van der Waals surface area contributed by atoms with Crippen LogP contribution in [0, 0.1) is 5.92 Å². The van der Waals surface area contributed by atoms with Gasteiger partial charge in [-0.15, -0.1) is 0 Å². The normalized spacial score (nSPS) is 24.4. The van der Waals surface area contributed by atoms with E-state index in [0.29, 0.717) is 6.42 Å². The summed E-state index contributed by atoms with van der Waals surface area (Å²) in [5.74, 6) is 0.0624. The van der Waals surface area contributed by atoms with Crippen LogP contribution >= 0.6 is 11.6 Å². The van der Waals surface area contributed by atoms with Crippen molar-refractivity contribution in [3.8, 4) is 5.75 Å². The van der Waals surface area contributed by atoms with Gasteiger partial charge in [0.2, 0.25) is 5.91 Å². The minimum Gasteiger partial charge on any atom is -0.490 e. The lowest BCUT2D eigenvalue weighted by molar-refractivity contribution is -0.137. The van der Waals surface area contributed by atoms with E-state index in [9.17, 15) is 18.0 Å². The number of alkyl halides is 3. The van der Waals surface area contributed by atoms with Crippen molar-refractivity contribution in [1.82, 2.24) is 5.32 Å². The topological polar surface area (TPSA) is 38.3 Å². The van der Waals surface area contributed by atoms with E-state index in [4.69, 9.17) is 16.3 Å². The molecular weight excluding hydrogens is 379 g/mol. The zero-order valence-corrected chi connectivity index (χ0v) is 15.9. The number of halogens is 4. The molecule has 27 heavy (non-hydrogen) atoms. The molecule has 0 heterocycles. The predicted octanol–water partition coefficient (Wildman–Crippen LogP) is 5.75. The van der Waals surface area contributed by atoms with Crippen molar-refractivity contribution in [3.05, 3.63) is 28.8 Å². The Morgan fingerprint density at radius 3 is 2.52 bits per heavy atom. The van der Waals surface area contributed by atoms with Crippen molar-refractivity contribution < 1.29 is 22.7 Å². The molecule has 1 aromatic carbocycles. The molecule has 0 radical (unpaired) electrons. The number of hydrogen-bond donors (Lipinski definition) is 1. The van der Waals surface area contributed by atoms with Crippen molar-refractivity contribution >= 4 is 17.5 Å². The van der Waals surface area contributed by atoms with Crippen LogP contribution in [0.2, 0.25) is 5.02 Å². The lowest BCUT2D eigenvalue weighted by Crippen LogP contribution is -2.42. The quantitative estimate of drug-likeness (QED) is 0.695. The fraction of sp³-hybridized carbons (Fsp3) is 0.650. The number of carbonyl (C=O) groups is 1. The Balaban J connectivity index is 1.59. The van der Waals surface area contributed by atoms with Gasteiger partial charge in [-0.25, -0.2) is 0 Å². The van der Waals surface area contributed by atoms with Gasteiger partial charge in [0.1, 0.15) is 5.75 Å². The average molecular weight is 404 g/mol. The van der Waals surface area contributed by atoms with Gasteiger partial charge >= 0.3 is 6.18 Å². The highest BCUT2D eigenvalue weighted by Crippen LogP contribution is 2.37. The fourth-order valence-electron chi connectivity index (χ4n) is 4.04. The van der Waals surface area contributed by atoms with Gasteiger partial charge in [-0.1, -0.05) is 30.9 Å². The molecule has 2 aliphatic carbocycles. The second-order valence-corrected chi connectivity index (χ2v) is 7.99. The molecule has 0 spiro atoms. The Morgan fingerprint density at radius 1 is 1.07 bits per heavy atom. The van der Waals surface area contributed by atoms with E-state index in [0.717, 1.165) is 51.0 Å². The average Bonchev–Trinajstić information content (AvgIpc) is 2.63. The van der Waals surface area contributed by atoms with Crippen LogP contribution in [0.1, 0.15) is 63.4 Å². The minimum atomic E-state index is -4.52. The van der Waals surface area contributed by atoms with E-state index < -0.39 is 11.7 Å². The van der Waals surface area contributed by atoms with Gasteiger partial charge in [0.15, 0.2) is 0 Å². The number of carbonyl (C=O) groups excluding carboxylic acids is 1. The van der Waals surface area contributed by atoms with Crippen LogP contribution < -0.4 is 10.1 Å². The molecule has 2 unspecified atom stereocenters. The summed E-state index contributed by atoms with van der Waals surface area (Å²) >= 11 is 5.65.